The average molecular weight is 241 g/mol. The summed E-state index contributed by atoms with van der Waals surface area (Å²) in [6.45, 7) is 2.75. The highest BCUT2D eigenvalue weighted by atomic mass is 16.5. The van der Waals surface area contributed by atoms with E-state index in [0.29, 0.717) is 0 Å². The fourth-order valence-electron chi connectivity index (χ4n) is 1.94. The van der Waals surface area contributed by atoms with E-state index in [2.05, 4.69) is 24.3 Å². The first-order chi connectivity index (χ1) is 8.75. The normalized spacial score (nSPS) is 10.3. The lowest BCUT2D eigenvalue weighted by molar-refractivity contribution is 0.309. The number of hydrogen-bond acceptors (Lipinski definition) is 2. The van der Waals surface area contributed by atoms with Crippen LogP contribution in [0.1, 0.15) is 17.5 Å². The van der Waals surface area contributed by atoms with Gasteiger partial charge in [-0.3, -0.25) is 0 Å². The molecule has 0 atom stereocenters. The SMILES string of the molecule is Cc1cc(N)ccc1OCCCc1ccccc1. The van der Waals surface area contributed by atoms with Crippen LogP contribution < -0.4 is 10.5 Å². The van der Waals surface area contributed by atoms with E-state index >= 15 is 0 Å². The first-order valence-corrected chi connectivity index (χ1v) is 6.28. The third kappa shape index (κ3) is 3.52. The van der Waals surface area contributed by atoms with Crippen LogP contribution in [0.2, 0.25) is 0 Å². The van der Waals surface area contributed by atoms with Crippen molar-refractivity contribution in [2.45, 2.75) is 19.8 Å². The van der Waals surface area contributed by atoms with Crippen molar-refractivity contribution in [3.05, 3.63) is 59.7 Å². The summed E-state index contributed by atoms with van der Waals surface area (Å²) in [7, 11) is 0. The molecule has 0 amide bonds. The van der Waals surface area contributed by atoms with Crippen LogP contribution in [-0.4, -0.2) is 6.61 Å². The van der Waals surface area contributed by atoms with Crippen molar-refractivity contribution >= 4 is 5.69 Å². The molecule has 0 aliphatic heterocycles. The molecule has 0 radical (unpaired) electrons. The Labute approximate surface area is 108 Å². The lowest BCUT2D eigenvalue weighted by Crippen LogP contribution is -2.01. The van der Waals surface area contributed by atoms with E-state index < -0.39 is 0 Å². The molecule has 0 aromatic heterocycles. The second kappa shape index (κ2) is 6.10. The minimum absolute atomic E-state index is 0.736. The van der Waals surface area contributed by atoms with Gasteiger partial charge in [0, 0.05) is 5.69 Å². The molecule has 2 rings (SSSR count). The van der Waals surface area contributed by atoms with Gasteiger partial charge in [0.15, 0.2) is 0 Å². The van der Waals surface area contributed by atoms with Crippen LogP contribution >= 0.6 is 0 Å². The van der Waals surface area contributed by atoms with Gasteiger partial charge in [-0.1, -0.05) is 30.3 Å². The number of nitrogen functional groups attached to an aromatic ring is 1. The summed E-state index contributed by atoms with van der Waals surface area (Å²) in [6.07, 6.45) is 2.07. The molecule has 2 heteroatoms. The fraction of sp³-hybridized carbons (Fsp3) is 0.250. The van der Waals surface area contributed by atoms with E-state index in [9.17, 15) is 0 Å². The van der Waals surface area contributed by atoms with Gasteiger partial charge in [0.05, 0.1) is 6.61 Å². The van der Waals surface area contributed by atoms with E-state index in [4.69, 9.17) is 10.5 Å². The Kier molecular flexibility index (Phi) is 4.24. The molecular weight excluding hydrogens is 222 g/mol. The number of nitrogens with two attached hydrogens (primary N) is 1. The van der Waals surface area contributed by atoms with Crippen molar-refractivity contribution < 1.29 is 4.74 Å². The van der Waals surface area contributed by atoms with Crippen LogP contribution in [0.25, 0.3) is 0 Å². The molecule has 18 heavy (non-hydrogen) atoms. The second-order valence-electron chi connectivity index (χ2n) is 4.46. The summed E-state index contributed by atoms with van der Waals surface area (Å²) in [5.41, 5.74) is 8.93. The first-order valence-electron chi connectivity index (χ1n) is 6.28. The maximum Gasteiger partial charge on any atom is 0.122 e. The molecule has 0 saturated heterocycles. The van der Waals surface area contributed by atoms with Crippen molar-refractivity contribution in [1.29, 1.82) is 0 Å². The molecule has 0 aliphatic rings. The van der Waals surface area contributed by atoms with Gasteiger partial charge in [-0.25, -0.2) is 0 Å². The van der Waals surface area contributed by atoms with Gasteiger partial charge >= 0.3 is 0 Å². The maximum atomic E-state index is 5.76. The zero-order valence-electron chi connectivity index (χ0n) is 10.7. The quantitative estimate of drug-likeness (QED) is 0.641. The predicted octanol–water partition coefficient (Wildman–Crippen LogP) is 3.59. The Hall–Kier alpha value is -1.96. The Bertz CT molecular complexity index is 494. The van der Waals surface area contributed by atoms with Crippen LogP contribution in [0.5, 0.6) is 5.75 Å². The van der Waals surface area contributed by atoms with Gasteiger partial charge in [0.1, 0.15) is 5.75 Å². The molecule has 2 aromatic rings. The van der Waals surface area contributed by atoms with Gasteiger partial charge in [-0.05, 0) is 49.1 Å². The van der Waals surface area contributed by atoms with E-state index in [1.807, 2.05) is 31.2 Å². The molecule has 0 fully saturated rings. The summed E-state index contributed by atoms with van der Waals surface area (Å²) in [5, 5.41) is 0. The number of aryl methyl sites for hydroxylation is 2. The highest BCUT2D eigenvalue weighted by Gasteiger charge is 1.99. The Morgan fingerprint density at radius 3 is 2.56 bits per heavy atom. The minimum Gasteiger partial charge on any atom is -0.493 e. The smallest absolute Gasteiger partial charge is 0.122 e. The Morgan fingerprint density at radius 1 is 1.06 bits per heavy atom. The standard InChI is InChI=1S/C16H19NO/c1-13-12-15(17)9-10-16(13)18-11-5-8-14-6-3-2-4-7-14/h2-4,6-7,9-10,12H,5,8,11,17H2,1H3. The van der Waals surface area contributed by atoms with Gasteiger partial charge in [0.25, 0.3) is 0 Å². The summed E-state index contributed by atoms with van der Waals surface area (Å²) in [4.78, 5) is 0. The van der Waals surface area contributed by atoms with Gasteiger partial charge in [-0.15, -0.1) is 0 Å². The lowest BCUT2D eigenvalue weighted by atomic mass is 10.1. The second-order valence-corrected chi connectivity index (χ2v) is 4.46. The van der Waals surface area contributed by atoms with Crippen LogP contribution in [0, 0.1) is 6.92 Å². The summed E-state index contributed by atoms with van der Waals surface area (Å²) in [5.74, 6) is 0.928. The Morgan fingerprint density at radius 2 is 1.83 bits per heavy atom. The van der Waals surface area contributed by atoms with Crippen LogP contribution in [-0.2, 0) is 6.42 Å². The summed E-state index contributed by atoms with van der Waals surface area (Å²) < 4.78 is 5.76. The van der Waals surface area contributed by atoms with Crippen molar-refractivity contribution in [3.63, 3.8) is 0 Å². The van der Waals surface area contributed by atoms with E-state index in [0.717, 1.165) is 36.4 Å². The molecular formula is C16H19NO. The third-order valence-corrected chi connectivity index (χ3v) is 2.91. The van der Waals surface area contributed by atoms with Crippen molar-refractivity contribution in [2.75, 3.05) is 12.3 Å². The van der Waals surface area contributed by atoms with Crippen LogP contribution in [0.15, 0.2) is 48.5 Å². The predicted molar refractivity (Wildman–Crippen MR) is 75.8 cm³/mol. The number of anilines is 1. The Balaban J connectivity index is 1.79. The molecule has 0 unspecified atom stereocenters. The van der Waals surface area contributed by atoms with Gasteiger partial charge in [-0.2, -0.15) is 0 Å². The summed E-state index contributed by atoms with van der Waals surface area (Å²) >= 11 is 0. The minimum atomic E-state index is 0.736. The summed E-state index contributed by atoms with van der Waals surface area (Å²) in [6, 6.07) is 16.2. The molecule has 0 heterocycles. The van der Waals surface area contributed by atoms with Gasteiger partial charge in [0.2, 0.25) is 0 Å². The van der Waals surface area contributed by atoms with Crippen molar-refractivity contribution in [3.8, 4) is 5.75 Å². The van der Waals surface area contributed by atoms with Crippen LogP contribution in [0.4, 0.5) is 5.69 Å². The van der Waals surface area contributed by atoms with Crippen molar-refractivity contribution in [1.82, 2.24) is 0 Å². The largest absolute Gasteiger partial charge is 0.493 e. The molecule has 2 aromatic carbocycles. The van der Waals surface area contributed by atoms with Crippen molar-refractivity contribution in [2.24, 2.45) is 0 Å². The zero-order chi connectivity index (χ0) is 12.8. The van der Waals surface area contributed by atoms with E-state index in [1.54, 1.807) is 0 Å². The third-order valence-electron chi connectivity index (χ3n) is 2.91. The number of rotatable bonds is 5. The molecule has 0 saturated carbocycles. The lowest BCUT2D eigenvalue weighted by Gasteiger charge is -2.09. The highest BCUT2D eigenvalue weighted by molar-refractivity contribution is 5.47. The van der Waals surface area contributed by atoms with E-state index in [1.165, 1.54) is 5.56 Å². The number of hydrogen-bond donors (Lipinski definition) is 1. The first kappa shape index (κ1) is 12.5. The molecule has 2 N–H and O–H groups in total. The highest BCUT2D eigenvalue weighted by Crippen LogP contribution is 2.20. The average Bonchev–Trinajstić information content (AvgIpc) is 2.38. The maximum absolute atomic E-state index is 5.76. The monoisotopic (exact) mass is 241 g/mol. The number of ether oxygens (including phenoxy) is 1. The van der Waals surface area contributed by atoms with Gasteiger partial charge < -0.3 is 10.5 Å². The molecule has 0 aliphatic carbocycles. The molecule has 0 bridgehead atoms. The molecule has 94 valence electrons. The van der Waals surface area contributed by atoms with Crippen LogP contribution in [0.3, 0.4) is 0 Å². The van der Waals surface area contributed by atoms with E-state index in [-0.39, 0.29) is 0 Å². The molecule has 0 spiro atoms. The fourth-order valence-corrected chi connectivity index (χ4v) is 1.94. The zero-order valence-corrected chi connectivity index (χ0v) is 10.7. The number of benzene rings is 2. The topological polar surface area (TPSA) is 35.2 Å². The molecule has 2 nitrogen and oxygen atoms in total.